The van der Waals surface area contributed by atoms with Crippen LogP contribution >= 0.6 is 0 Å². The van der Waals surface area contributed by atoms with Gasteiger partial charge in [-0.25, -0.2) is 9.59 Å². The average molecular weight is 251 g/mol. The number of fused-ring (bicyclic) bond motifs is 1. The Labute approximate surface area is 103 Å². The summed E-state index contributed by atoms with van der Waals surface area (Å²) in [6.07, 6.45) is 2.27. The first-order chi connectivity index (χ1) is 8.65. The summed E-state index contributed by atoms with van der Waals surface area (Å²) in [7, 11) is 0. The second kappa shape index (κ2) is 4.91. The van der Waals surface area contributed by atoms with Gasteiger partial charge >= 0.3 is 12.1 Å². The number of nitrogens with one attached hydrogen (secondary N) is 1. The molecule has 7 nitrogen and oxygen atoms in total. The van der Waals surface area contributed by atoms with Gasteiger partial charge in [0.05, 0.1) is 5.69 Å². The lowest BCUT2D eigenvalue weighted by Gasteiger charge is -2.25. The third kappa shape index (κ3) is 2.06. The standard InChI is InChI=1S/C11H13N3O4/c1-2-6-18-11(17)14-5-3-4-7-9(14)8(10(15)16)13-12-7/h2H,1,3-6H2,(H,12,13)(H,15,16). The van der Waals surface area contributed by atoms with Gasteiger partial charge in [0.1, 0.15) is 12.3 Å². The van der Waals surface area contributed by atoms with E-state index in [1.54, 1.807) is 0 Å². The normalized spacial score (nSPS) is 13.9. The van der Waals surface area contributed by atoms with Crippen LogP contribution in [0.4, 0.5) is 10.5 Å². The van der Waals surface area contributed by atoms with E-state index >= 15 is 0 Å². The fourth-order valence-electron chi connectivity index (χ4n) is 1.90. The lowest BCUT2D eigenvalue weighted by atomic mass is 10.1. The Balaban J connectivity index is 2.31. The van der Waals surface area contributed by atoms with E-state index in [1.165, 1.54) is 11.0 Å². The summed E-state index contributed by atoms with van der Waals surface area (Å²) in [5, 5.41) is 15.4. The summed E-state index contributed by atoms with van der Waals surface area (Å²) in [6.45, 7) is 3.96. The molecule has 1 amide bonds. The molecule has 0 atom stereocenters. The third-order valence-corrected chi connectivity index (χ3v) is 2.64. The van der Waals surface area contributed by atoms with Crippen molar-refractivity contribution < 1.29 is 19.4 Å². The predicted octanol–water partition coefficient (Wildman–Crippen LogP) is 1.18. The number of hydrogen-bond acceptors (Lipinski definition) is 4. The van der Waals surface area contributed by atoms with Crippen LogP contribution in [0.25, 0.3) is 0 Å². The quantitative estimate of drug-likeness (QED) is 0.786. The van der Waals surface area contributed by atoms with E-state index in [1.807, 2.05) is 0 Å². The number of carbonyl (C=O) groups is 2. The van der Waals surface area contributed by atoms with E-state index in [-0.39, 0.29) is 12.3 Å². The first kappa shape index (κ1) is 12.2. The van der Waals surface area contributed by atoms with E-state index in [9.17, 15) is 9.59 Å². The molecule has 18 heavy (non-hydrogen) atoms. The van der Waals surface area contributed by atoms with Crippen LogP contribution < -0.4 is 4.90 Å². The maximum absolute atomic E-state index is 11.8. The first-order valence-electron chi connectivity index (χ1n) is 5.51. The number of aromatic carboxylic acids is 1. The molecule has 0 aliphatic carbocycles. The number of amides is 1. The van der Waals surface area contributed by atoms with Gasteiger partial charge < -0.3 is 9.84 Å². The number of aromatic nitrogens is 2. The number of hydrogen-bond donors (Lipinski definition) is 2. The Morgan fingerprint density at radius 3 is 3.06 bits per heavy atom. The fraction of sp³-hybridized carbons (Fsp3) is 0.364. The number of rotatable bonds is 3. The van der Waals surface area contributed by atoms with Crippen molar-refractivity contribution in [3.63, 3.8) is 0 Å². The van der Waals surface area contributed by atoms with Gasteiger partial charge in [-0.05, 0) is 12.8 Å². The van der Waals surface area contributed by atoms with Crippen molar-refractivity contribution in [1.82, 2.24) is 10.2 Å². The molecule has 0 fully saturated rings. The summed E-state index contributed by atoms with van der Waals surface area (Å²) in [5.74, 6) is -1.17. The monoisotopic (exact) mass is 251 g/mol. The average Bonchev–Trinajstić information content (AvgIpc) is 2.79. The molecule has 1 aromatic heterocycles. The molecule has 1 aliphatic rings. The van der Waals surface area contributed by atoms with Gasteiger partial charge in [-0.15, -0.1) is 0 Å². The van der Waals surface area contributed by atoms with Gasteiger partial charge in [0.15, 0.2) is 5.69 Å². The van der Waals surface area contributed by atoms with Gasteiger partial charge in [-0.3, -0.25) is 10.00 Å². The number of ether oxygens (including phenoxy) is 1. The van der Waals surface area contributed by atoms with Crippen molar-refractivity contribution in [3.05, 3.63) is 24.0 Å². The Hall–Kier alpha value is -2.31. The van der Waals surface area contributed by atoms with Gasteiger partial charge in [0.2, 0.25) is 0 Å². The second-order valence-corrected chi connectivity index (χ2v) is 3.83. The number of carboxylic acid groups (broad SMARTS) is 1. The van der Waals surface area contributed by atoms with Crippen molar-refractivity contribution in [3.8, 4) is 0 Å². The lowest BCUT2D eigenvalue weighted by Crippen LogP contribution is -2.36. The van der Waals surface area contributed by atoms with E-state index in [0.29, 0.717) is 24.3 Å². The SMILES string of the molecule is C=CCOC(=O)N1CCCc2[nH]nc(C(=O)O)c21. The minimum atomic E-state index is -1.17. The van der Waals surface area contributed by atoms with E-state index in [2.05, 4.69) is 16.8 Å². The summed E-state index contributed by atoms with van der Waals surface area (Å²) in [4.78, 5) is 24.2. The number of H-pyrrole nitrogens is 1. The molecule has 0 saturated carbocycles. The molecule has 0 unspecified atom stereocenters. The minimum absolute atomic E-state index is 0.0882. The molecule has 0 bridgehead atoms. The zero-order chi connectivity index (χ0) is 13.1. The number of carboxylic acids is 1. The van der Waals surface area contributed by atoms with Crippen molar-refractivity contribution in [1.29, 1.82) is 0 Å². The highest BCUT2D eigenvalue weighted by Gasteiger charge is 2.31. The maximum Gasteiger partial charge on any atom is 0.414 e. The van der Waals surface area contributed by atoms with Crippen LogP contribution in [-0.2, 0) is 11.2 Å². The van der Waals surface area contributed by atoms with E-state index < -0.39 is 12.1 Å². The van der Waals surface area contributed by atoms with Crippen molar-refractivity contribution >= 4 is 17.7 Å². The number of carbonyl (C=O) groups excluding carboxylic acids is 1. The molecular weight excluding hydrogens is 238 g/mol. The van der Waals surface area contributed by atoms with Crippen LogP contribution in [-0.4, -0.2) is 40.5 Å². The largest absolute Gasteiger partial charge is 0.476 e. The van der Waals surface area contributed by atoms with E-state index in [0.717, 1.165) is 6.42 Å². The number of aromatic amines is 1. The Morgan fingerprint density at radius 1 is 1.61 bits per heavy atom. The van der Waals surface area contributed by atoms with Gasteiger partial charge in [-0.2, -0.15) is 5.10 Å². The molecule has 0 radical (unpaired) electrons. The molecule has 1 aliphatic heterocycles. The van der Waals surface area contributed by atoms with Crippen LogP contribution in [0.15, 0.2) is 12.7 Å². The fourth-order valence-corrected chi connectivity index (χ4v) is 1.90. The van der Waals surface area contributed by atoms with Crippen LogP contribution in [0.1, 0.15) is 22.6 Å². The van der Waals surface area contributed by atoms with Gasteiger partial charge in [0.25, 0.3) is 0 Å². The van der Waals surface area contributed by atoms with E-state index in [4.69, 9.17) is 9.84 Å². The number of nitrogens with zero attached hydrogens (tertiary/aromatic N) is 2. The van der Waals surface area contributed by atoms with Crippen molar-refractivity contribution in [2.24, 2.45) is 0 Å². The molecule has 96 valence electrons. The molecule has 2 rings (SSSR count). The smallest absolute Gasteiger partial charge is 0.414 e. The second-order valence-electron chi connectivity index (χ2n) is 3.83. The number of anilines is 1. The lowest BCUT2D eigenvalue weighted by molar-refractivity contribution is 0.0691. The Bertz CT molecular complexity index is 494. The third-order valence-electron chi connectivity index (χ3n) is 2.64. The highest BCUT2D eigenvalue weighted by atomic mass is 16.6. The summed E-state index contributed by atoms with van der Waals surface area (Å²) in [6, 6.07) is 0. The summed E-state index contributed by atoms with van der Waals surface area (Å²) < 4.78 is 4.93. The minimum Gasteiger partial charge on any atom is -0.476 e. The van der Waals surface area contributed by atoms with Crippen LogP contribution in [0.3, 0.4) is 0 Å². The topological polar surface area (TPSA) is 95.5 Å². The molecule has 2 N–H and O–H groups in total. The zero-order valence-electron chi connectivity index (χ0n) is 9.68. The molecule has 7 heteroatoms. The van der Waals surface area contributed by atoms with Gasteiger partial charge in [0, 0.05) is 6.54 Å². The van der Waals surface area contributed by atoms with Gasteiger partial charge in [-0.1, -0.05) is 12.7 Å². The van der Waals surface area contributed by atoms with Crippen LogP contribution in [0.5, 0.6) is 0 Å². The molecular formula is C11H13N3O4. The van der Waals surface area contributed by atoms with Crippen LogP contribution in [0, 0.1) is 0 Å². The molecule has 0 aromatic carbocycles. The van der Waals surface area contributed by atoms with Crippen molar-refractivity contribution in [2.75, 3.05) is 18.1 Å². The first-order valence-corrected chi connectivity index (χ1v) is 5.51. The highest BCUT2D eigenvalue weighted by Crippen LogP contribution is 2.29. The molecule has 0 spiro atoms. The van der Waals surface area contributed by atoms with Crippen molar-refractivity contribution in [2.45, 2.75) is 12.8 Å². The van der Waals surface area contributed by atoms with Crippen LogP contribution in [0.2, 0.25) is 0 Å². The number of aryl methyl sites for hydroxylation is 1. The molecule has 2 heterocycles. The summed E-state index contributed by atoms with van der Waals surface area (Å²) in [5.41, 5.74) is 0.803. The molecule has 0 saturated heterocycles. The Kier molecular flexibility index (Phi) is 3.31. The highest BCUT2D eigenvalue weighted by molar-refractivity contribution is 5.99. The summed E-state index contributed by atoms with van der Waals surface area (Å²) >= 11 is 0. The Morgan fingerprint density at radius 2 is 2.39 bits per heavy atom. The molecule has 1 aromatic rings. The maximum atomic E-state index is 11.8. The zero-order valence-corrected chi connectivity index (χ0v) is 9.68. The predicted molar refractivity (Wildman–Crippen MR) is 62.8 cm³/mol.